The molecule has 0 atom stereocenters. The van der Waals surface area contributed by atoms with E-state index < -0.39 is 0 Å². The number of benzene rings is 1. The zero-order valence-electron chi connectivity index (χ0n) is 15.6. The fourth-order valence-corrected chi connectivity index (χ4v) is 3.98. The van der Waals surface area contributed by atoms with Crippen LogP contribution >= 0.6 is 0 Å². The van der Waals surface area contributed by atoms with Crippen molar-refractivity contribution in [2.45, 2.75) is 26.4 Å². The zero-order chi connectivity index (χ0) is 18.2. The summed E-state index contributed by atoms with van der Waals surface area (Å²) >= 11 is 0. The maximum atomic E-state index is 5.49. The summed E-state index contributed by atoms with van der Waals surface area (Å²) < 4.78 is 7.38. The van der Waals surface area contributed by atoms with Gasteiger partial charge in [-0.2, -0.15) is 9.50 Å². The normalized spacial score (nSPS) is 18.0. The Bertz CT molecular complexity index is 962. The predicted octanol–water partition coefficient (Wildman–Crippen LogP) is 1.83. The molecule has 0 bridgehead atoms. The first-order valence-corrected chi connectivity index (χ1v) is 9.61. The molecule has 140 valence electrons. The molecule has 0 saturated carbocycles. The third kappa shape index (κ3) is 3.28. The molecule has 0 N–H and O–H groups in total. The summed E-state index contributed by atoms with van der Waals surface area (Å²) in [6.07, 6.45) is 1.08. The summed E-state index contributed by atoms with van der Waals surface area (Å²) in [6, 6.07) is 10.8. The van der Waals surface area contributed by atoms with Crippen LogP contribution in [0.25, 0.3) is 5.78 Å². The molecule has 0 amide bonds. The number of hydrogen-bond acceptors (Lipinski definition) is 6. The van der Waals surface area contributed by atoms with Crippen molar-refractivity contribution in [3.05, 3.63) is 53.0 Å². The lowest BCUT2D eigenvalue weighted by atomic mass is 10.00. The molecule has 2 aliphatic rings. The minimum Gasteiger partial charge on any atom is -0.378 e. The van der Waals surface area contributed by atoms with Crippen molar-refractivity contribution in [1.29, 1.82) is 0 Å². The van der Waals surface area contributed by atoms with Crippen LogP contribution in [0, 0.1) is 6.92 Å². The van der Waals surface area contributed by atoms with E-state index in [0.717, 1.165) is 69.7 Å². The topological polar surface area (TPSA) is 58.8 Å². The molecule has 4 heterocycles. The predicted molar refractivity (Wildman–Crippen MR) is 103 cm³/mol. The van der Waals surface area contributed by atoms with Gasteiger partial charge in [0.05, 0.1) is 19.8 Å². The highest BCUT2D eigenvalue weighted by Gasteiger charge is 2.20. The molecule has 0 radical (unpaired) electrons. The van der Waals surface area contributed by atoms with E-state index in [0.29, 0.717) is 5.78 Å². The molecule has 27 heavy (non-hydrogen) atoms. The van der Waals surface area contributed by atoms with E-state index >= 15 is 0 Å². The minimum atomic E-state index is 0.684. The van der Waals surface area contributed by atoms with E-state index in [-0.39, 0.29) is 0 Å². The van der Waals surface area contributed by atoms with Crippen LogP contribution in [0.3, 0.4) is 0 Å². The second kappa shape index (κ2) is 6.90. The Morgan fingerprint density at radius 1 is 1.04 bits per heavy atom. The first-order chi connectivity index (χ1) is 13.3. The standard InChI is InChI=1S/C20H24N6O/c1-15-12-19(25-8-10-27-11-9-25)26-20(21-15)22-18(23-26)14-24-7-6-16-4-2-3-5-17(16)13-24/h2-5,12H,6-11,13-14H2,1H3. The summed E-state index contributed by atoms with van der Waals surface area (Å²) in [4.78, 5) is 14.0. The Morgan fingerprint density at radius 3 is 2.70 bits per heavy atom. The van der Waals surface area contributed by atoms with Gasteiger partial charge in [0.2, 0.25) is 0 Å². The average molecular weight is 364 g/mol. The average Bonchev–Trinajstić information content (AvgIpc) is 3.10. The van der Waals surface area contributed by atoms with Gasteiger partial charge in [-0.15, -0.1) is 5.10 Å². The molecule has 1 saturated heterocycles. The van der Waals surface area contributed by atoms with Gasteiger partial charge in [-0.05, 0) is 24.5 Å². The van der Waals surface area contributed by atoms with Gasteiger partial charge in [0.15, 0.2) is 5.82 Å². The SMILES string of the molecule is Cc1cc(N2CCOCC2)n2nc(CN3CCc4ccccc4C3)nc2n1. The van der Waals surface area contributed by atoms with Crippen LogP contribution in [0.15, 0.2) is 30.3 Å². The maximum absolute atomic E-state index is 5.49. The van der Waals surface area contributed by atoms with Crippen LogP contribution in [0.2, 0.25) is 0 Å². The molecule has 1 fully saturated rings. The molecular formula is C20H24N6O. The molecule has 7 nitrogen and oxygen atoms in total. The van der Waals surface area contributed by atoms with Gasteiger partial charge in [0, 0.05) is 37.9 Å². The first-order valence-electron chi connectivity index (χ1n) is 9.61. The molecule has 5 rings (SSSR count). The molecule has 0 aliphatic carbocycles. The fourth-order valence-electron chi connectivity index (χ4n) is 3.98. The summed E-state index contributed by atoms with van der Waals surface area (Å²) in [6.45, 7) is 7.99. The molecule has 0 spiro atoms. The first kappa shape index (κ1) is 16.6. The van der Waals surface area contributed by atoms with Crippen molar-refractivity contribution in [2.75, 3.05) is 37.7 Å². The quantitative estimate of drug-likeness (QED) is 0.707. The number of anilines is 1. The molecule has 1 aromatic carbocycles. The Labute approximate surface area is 158 Å². The molecular weight excluding hydrogens is 340 g/mol. The summed E-state index contributed by atoms with van der Waals surface area (Å²) in [7, 11) is 0. The zero-order valence-corrected chi connectivity index (χ0v) is 15.6. The number of morpholine rings is 1. The maximum Gasteiger partial charge on any atom is 0.254 e. The van der Waals surface area contributed by atoms with Crippen LogP contribution in [0.4, 0.5) is 5.82 Å². The van der Waals surface area contributed by atoms with Crippen LogP contribution in [-0.4, -0.2) is 57.3 Å². The van der Waals surface area contributed by atoms with Gasteiger partial charge in [-0.3, -0.25) is 4.90 Å². The van der Waals surface area contributed by atoms with Crippen molar-refractivity contribution >= 4 is 11.6 Å². The monoisotopic (exact) mass is 364 g/mol. The highest BCUT2D eigenvalue weighted by Crippen LogP contribution is 2.21. The lowest BCUT2D eigenvalue weighted by Gasteiger charge is -2.28. The number of aromatic nitrogens is 4. The highest BCUT2D eigenvalue weighted by atomic mass is 16.5. The van der Waals surface area contributed by atoms with Crippen LogP contribution in [-0.2, 0) is 24.2 Å². The fraction of sp³-hybridized carbons (Fsp3) is 0.450. The number of nitrogens with zero attached hydrogens (tertiary/aromatic N) is 6. The van der Waals surface area contributed by atoms with E-state index in [9.17, 15) is 0 Å². The Kier molecular flexibility index (Phi) is 4.26. The van der Waals surface area contributed by atoms with Crippen molar-refractivity contribution in [1.82, 2.24) is 24.5 Å². The van der Waals surface area contributed by atoms with Crippen LogP contribution in [0.5, 0.6) is 0 Å². The third-order valence-corrected chi connectivity index (χ3v) is 5.38. The second-order valence-corrected chi connectivity index (χ2v) is 7.32. The van der Waals surface area contributed by atoms with E-state index in [2.05, 4.69) is 45.1 Å². The molecule has 2 aromatic heterocycles. The number of aryl methyl sites for hydroxylation is 1. The van der Waals surface area contributed by atoms with Crippen molar-refractivity contribution < 1.29 is 4.74 Å². The number of rotatable bonds is 3. The van der Waals surface area contributed by atoms with Crippen molar-refractivity contribution in [2.24, 2.45) is 0 Å². The van der Waals surface area contributed by atoms with Crippen molar-refractivity contribution in [3.8, 4) is 0 Å². The van der Waals surface area contributed by atoms with Crippen LogP contribution < -0.4 is 4.90 Å². The van der Waals surface area contributed by atoms with E-state index in [1.165, 1.54) is 11.1 Å². The van der Waals surface area contributed by atoms with Gasteiger partial charge in [0.1, 0.15) is 5.82 Å². The Morgan fingerprint density at radius 2 is 1.85 bits per heavy atom. The second-order valence-electron chi connectivity index (χ2n) is 7.32. The van der Waals surface area contributed by atoms with E-state index in [1.807, 2.05) is 11.4 Å². The third-order valence-electron chi connectivity index (χ3n) is 5.38. The van der Waals surface area contributed by atoms with E-state index in [1.54, 1.807) is 0 Å². The van der Waals surface area contributed by atoms with Crippen LogP contribution in [0.1, 0.15) is 22.6 Å². The van der Waals surface area contributed by atoms with Gasteiger partial charge >= 0.3 is 0 Å². The molecule has 7 heteroatoms. The van der Waals surface area contributed by atoms with Gasteiger partial charge < -0.3 is 9.64 Å². The number of fused-ring (bicyclic) bond motifs is 2. The lowest BCUT2D eigenvalue weighted by Crippen LogP contribution is -2.37. The summed E-state index contributed by atoms with van der Waals surface area (Å²) in [5.41, 5.74) is 3.84. The summed E-state index contributed by atoms with van der Waals surface area (Å²) in [5.74, 6) is 2.58. The lowest BCUT2D eigenvalue weighted by molar-refractivity contribution is 0.122. The van der Waals surface area contributed by atoms with E-state index in [4.69, 9.17) is 14.8 Å². The van der Waals surface area contributed by atoms with Crippen molar-refractivity contribution in [3.63, 3.8) is 0 Å². The Balaban J connectivity index is 1.41. The van der Waals surface area contributed by atoms with Gasteiger partial charge in [0.25, 0.3) is 5.78 Å². The molecule has 0 unspecified atom stereocenters. The van der Waals surface area contributed by atoms with Gasteiger partial charge in [-0.25, -0.2) is 4.98 Å². The number of hydrogen-bond donors (Lipinski definition) is 0. The Hall–Kier alpha value is -2.51. The number of ether oxygens (including phenoxy) is 1. The molecule has 2 aliphatic heterocycles. The summed E-state index contributed by atoms with van der Waals surface area (Å²) in [5, 5.41) is 4.80. The molecule has 3 aromatic rings. The minimum absolute atomic E-state index is 0.684. The largest absolute Gasteiger partial charge is 0.378 e. The smallest absolute Gasteiger partial charge is 0.254 e. The van der Waals surface area contributed by atoms with Gasteiger partial charge in [-0.1, -0.05) is 24.3 Å². The highest BCUT2D eigenvalue weighted by molar-refractivity contribution is 5.48.